The molecule has 0 saturated carbocycles. The van der Waals surface area contributed by atoms with Gasteiger partial charge in [-0.15, -0.1) is 0 Å². The first kappa shape index (κ1) is 14.3. The van der Waals surface area contributed by atoms with Gasteiger partial charge in [0.25, 0.3) is 0 Å². The summed E-state index contributed by atoms with van der Waals surface area (Å²) in [6.45, 7) is 6.12. The van der Waals surface area contributed by atoms with E-state index in [2.05, 4.69) is 90.7 Å². The maximum Gasteiger partial charge on any atom is -0.00356 e. The minimum Gasteiger partial charge on any atom is -0.0984 e. The second kappa shape index (κ2) is 6.02. The largest absolute Gasteiger partial charge is 0.0984 e. The summed E-state index contributed by atoms with van der Waals surface area (Å²) in [6.07, 6.45) is 14.1. The molecule has 0 aliphatic heterocycles. The molecule has 1 heteroatoms. The van der Waals surface area contributed by atoms with Gasteiger partial charge in [0.05, 0.1) is 0 Å². The first-order valence-electron chi connectivity index (χ1n) is 7.12. The number of benzene rings is 2. The van der Waals surface area contributed by atoms with E-state index in [4.69, 9.17) is 0 Å². The van der Waals surface area contributed by atoms with E-state index in [9.17, 15) is 0 Å². The van der Waals surface area contributed by atoms with Gasteiger partial charge in [0, 0.05) is 0 Å². The predicted octanol–water partition coefficient (Wildman–Crippen LogP) is 6.71. The van der Waals surface area contributed by atoms with Gasteiger partial charge in [-0.25, -0.2) is 0 Å². The predicted molar refractivity (Wildman–Crippen MR) is 104 cm³/mol. The smallest absolute Gasteiger partial charge is 0.00356 e. The van der Waals surface area contributed by atoms with Crippen molar-refractivity contribution >= 4 is 57.7 Å². The zero-order valence-corrected chi connectivity index (χ0v) is 14.2. The van der Waals surface area contributed by atoms with Crippen molar-refractivity contribution in [1.29, 1.82) is 0 Å². The molecule has 0 nitrogen and oxygen atoms in total. The molecule has 104 valence electrons. The quantitative estimate of drug-likeness (QED) is 0.505. The highest BCUT2D eigenvalue weighted by Gasteiger charge is 2.15. The summed E-state index contributed by atoms with van der Waals surface area (Å²) < 4.78 is 1.35. The fraction of sp³-hybridized carbons (Fsp3) is 0.100. The molecule has 0 amide bonds. The first-order chi connectivity index (χ1) is 10.3. The topological polar surface area (TPSA) is 0 Å². The highest BCUT2D eigenvalue weighted by molar-refractivity contribution is 14.1. The van der Waals surface area contributed by atoms with E-state index in [1.165, 1.54) is 36.6 Å². The molecular formula is C20H17I. The molecule has 0 unspecified atom stereocenters. The Balaban J connectivity index is 2.55. The van der Waals surface area contributed by atoms with Gasteiger partial charge in [-0.1, -0.05) is 61.2 Å². The summed E-state index contributed by atoms with van der Waals surface area (Å²) in [4.78, 5) is 0. The molecular weight excluding hydrogens is 367 g/mol. The number of hydrogen-bond acceptors (Lipinski definition) is 0. The molecule has 0 heterocycles. The van der Waals surface area contributed by atoms with E-state index in [0.717, 1.165) is 6.42 Å². The van der Waals surface area contributed by atoms with Crippen LogP contribution in [0.25, 0.3) is 35.1 Å². The lowest BCUT2D eigenvalue weighted by atomic mass is 9.88. The molecule has 0 bridgehead atoms. The average Bonchev–Trinajstić information content (AvgIpc) is 2.69. The average molecular weight is 384 g/mol. The molecule has 3 rings (SSSR count). The normalized spacial score (nSPS) is 14.1. The van der Waals surface area contributed by atoms with Gasteiger partial charge in [0.2, 0.25) is 0 Å². The van der Waals surface area contributed by atoms with Crippen LogP contribution in [0.2, 0.25) is 0 Å². The van der Waals surface area contributed by atoms with Gasteiger partial charge in [-0.05, 0) is 78.6 Å². The second-order valence-corrected chi connectivity index (χ2v) is 6.49. The monoisotopic (exact) mass is 384 g/mol. The van der Waals surface area contributed by atoms with Crippen molar-refractivity contribution in [2.45, 2.75) is 13.3 Å². The molecule has 1 aliphatic carbocycles. The third kappa shape index (κ3) is 2.51. The van der Waals surface area contributed by atoms with Crippen LogP contribution in [0, 0.1) is 0 Å². The fourth-order valence-corrected chi connectivity index (χ4v) is 3.50. The molecule has 0 N–H and O–H groups in total. The van der Waals surface area contributed by atoms with Crippen LogP contribution in [-0.2, 0) is 0 Å². The van der Waals surface area contributed by atoms with E-state index in [0.29, 0.717) is 0 Å². The lowest BCUT2D eigenvalue weighted by Gasteiger charge is -2.15. The first-order valence-corrected chi connectivity index (χ1v) is 8.20. The maximum absolute atomic E-state index is 4.05. The standard InChI is InChI=1S/C20H17I/c1-3-8-16-15(4-2)20-13-14(21)9-7-12-19(20)18-11-6-5-10-17(16)18/h3-8,10-13H,2,9H2,1H3/b8-3-. The van der Waals surface area contributed by atoms with Gasteiger partial charge in [-0.2, -0.15) is 0 Å². The Labute approximate surface area is 139 Å². The Morgan fingerprint density at radius 2 is 1.86 bits per heavy atom. The number of halogens is 1. The molecule has 2 aromatic carbocycles. The van der Waals surface area contributed by atoms with E-state index >= 15 is 0 Å². The molecule has 0 radical (unpaired) electrons. The molecule has 0 spiro atoms. The number of allylic oxidation sites excluding steroid dienone is 3. The van der Waals surface area contributed by atoms with Crippen molar-refractivity contribution in [1.82, 2.24) is 0 Å². The molecule has 0 saturated heterocycles. The van der Waals surface area contributed by atoms with E-state index in [1.54, 1.807) is 0 Å². The number of fused-ring (bicyclic) bond motifs is 3. The Hall–Kier alpha value is -1.61. The van der Waals surface area contributed by atoms with Crippen LogP contribution >= 0.6 is 22.6 Å². The molecule has 1 aliphatic rings. The maximum atomic E-state index is 4.05. The van der Waals surface area contributed by atoms with Gasteiger partial charge >= 0.3 is 0 Å². The summed E-state index contributed by atoms with van der Waals surface area (Å²) in [5.74, 6) is 0. The van der Waals surface area contributed by atoms with E-state index < -0.39 is 0 Å². The second-order valence-electron chi connectivity index (χ2n) is 5.10. The van der Waals surface area contributed by atoms with Gasteiger partial charge < -0.3 is 0 Å². The molecule has 0 aromatic heterocycles. The van der Waals surface area contributed by atoms with Crippen LogP contribution in [0.15, 0.2) is 46.6 Å². The Morgan fingerprint density at radius 1 is 1.10 bits per heavy atom. The summed E-state index contributed by atoms with van der Waals surface area (Å²) in [7, 11) is 0. The minimum absolute atomic E-state index is 0.999. The summed E-state index contributed by atoms with van der Waals surface area (Å²) in [5, 5.41) is 2.60. The van der Waals surface area contributed by atoms with Crippen LogP contribution < -0.4 is 0 Å². The van der Waals surface area contributed by atoms with Crippen molar-refractivity contribution in [2.24, 2.45) is 0 Å². The third-order valence-electron chi connectivity index (χ3n) is 3.81. The van der Waals surface area contributed by atoms with Gasteiger partial charge in [0.1, 0.15) is 0 Å². The fourth-order valence-electron chi connectivity index (χ4n) is 2.94. The van der Waals surface area contributed by atoms with Crippen LogP contribution in [-0.4, -0.2) is 0 Å². The minimum atomic E-state index is 0.999. The molecule has 0 fully saturated rings. The van der Waals surface area contributed by atoms with E-state index in [-0.39, 0.29) is 0 Å². The van der Waals surface area contributed by atoms with Crippen LogP contribution in [0.3, 0.4) is 0 Å². The number of rotatable bonds is 2. The van der Waals surface area contributed by atoms with Crippen molar-refractivity contribution < 1.29 is 0 Å². The summed E-state index contributed by atoms with van der Waals surface area (Å²) >= 11 is 2.43. The van der Waals surface area contributed by atoms with Crippen LogP contribution in [0.5, 0.6) is 0 Å². The zero-order valence-electron chi connectivity index (χ0n) is 12.1. The van der Waals surface area contributed by atoms with Crippen molar-refractivity contribution in [3.05, 3.63) is 68.8 Å². The van der Waals surface area contributed by atoms with Gasteiger partial charge in [0.15, 0.2) is 0 Å². The Morgan fingerprint density at radius 3 is 2.57 bits per heavy atom. The highest BCUT2D eigenvalue weighted by Crippen LogP contribution is 2.37. The van der Waals surface area contributed by atoms with Crippen LogP contribution in [0.4, 0.5) is 0 Å². The summed E-state index contributed by atoms with van der Waals surface area (Å²) in [5.41, 5.74) is 5.08. The number of hydrogen-bond donors (Lipinski definition) is 0. The van der Waals surface area contributed by atoms with Gasteiger partial charge in [-0.3, -0.25) is 0 Å². The SMILES string of the molecule is C=Cc1c2c(c3ccccc3c1/C=C\C)C=CCC(I)=C2. The highest BCUT2D eigenvalue weighted by atomic mass is 127. The Bertz CT molecular complexity index is 804. The molecule has 21 heavy (non-hydrogen) atoms. The zero-order chi connectivity index (χ0) is 14.8. The molecule has 2 aromatic rings. The third-order valence-corrected chi connectivity index (χ3v) is 4.57. The van der Waals surface area contributed by atoms with E-state index in [1.807, 2.05) is 6.08 Å². The van der Waals surface area contributed by atoms with Crippen LogP contribution in [0.1, 0.15) is 35.6 Å². The summed E-state index contributed by atoms with van der Waals surface area (Å²) in [6, 6.07) is 8.63. The Kier molecular flexibility index (Phi) is 4.11. The van der Waals surface area contributed by atoms with Crippen molar-refractivity contribution in [3.63, 3.8) is 0 Å². The molecule has 0 atom stereocenters. The lowest BCUT2D eigenvalue weighted by molar-refractivity contribution is 1.42. The van der Waals surface area contributed by atoms with Crippen molar-refractivity contribution in [3.8, 4) is 0 Å². The van der Waals surface area contributed by atoms with Crippen molar-refractivity contribution in [2.75, 3.05) is 0 Å². The lowest BCUT2D eigenvalue weighted by Crippen LogP contribution is -1.94.